The van der Waals surface area contributed by atoms with Crippen molar-refractivity contribution < 1.29 is 9.53 Å². The lowest BCUT2D eigenvalue weighted by molar-refractivity contribution is 0.195. The number of aromatic nitrogens is 3. The maximum atomic E-state index is 12.1. The lowest BCUT2D eigenvalue weighted by Crippen LogP contribution is -2.41. The van der Waals surface area contributed by atoms with Gasteiger partial charge >= 0.3 is 6.03 Å². The van der Waals surface area contributed by atoms with Gasteiger partial charge in [0.05, 0.1) is 25.5 Å². The van der Waals surface area contributed by atoms with Crippen LogP contribution in [0.4, 0.5) is 4.79 Å². The van der Waals surface area contributed by atoms with E-state index in [4.69, 9.17) is 4.74 Å². The molecule has 0 radical (unpaired) electrons. The summed E-state index contributed by atoms with van der Waals surface area (Å²) in [6, 6.07) is 7.82. The summed E-state index contributed by atoms with van der Waals surface area (Å²) in [4.78, 5) is 14.0. The molecule has 3 rings (SSSR count). The van der Waals surface area contributed by atoms with Gasteiger partial charge < -0.3 is 15.0 Å². The first-order valence-corrected chi connectivity index (χ1v) is 7.77. The van der Waals surface area contributed by atoms with Crippen LogP contribution in [0.3, 0.4) is 0 Å². The van der Waals surface area contributed by atoms with E-state index in [0.717, 1.165) is 36.5 Å². The normalized spacial score (nSPS) is 17.3. The van der Waals surface area contributed by atoms with Crippen molar-refractivity contribution >= 4 is 6.03 Å². The minimum Gasteiger partial charge on any atom is -0.497 e. The van der Waals surface area contributed by atoms with Crippen molar-refractivity contribution in [2.75, 3.05) is 13.7 Å². The van der Waals surface area contributed by atoms with E-state index in [1.165, 1.54) is 0 Å². The number of hydrogen-bond acceptors (Lipinski definition) is 4. The van der Waals surface area contributed by atoms with Crippen molar-refractivity contribution in [3.05, 3.63) is 36.2 Å². The molecule has 1 aliphatic rings. The predicted octanol–water partition coefficient (Wildman–Crippen LogP) is 1.97. The number of urea groups is 1. The number of methoxy groups -OCH3 is 1. The van der Waals surface area contributed by atoms with E-state index in [-0.39, 0.29) is 6.03 Å². The Morgan fingerprint density at radius 1 is 1.39 bits per heavy atom. The highest BCUT2D eigenvalue weighted by Gasteiger charge is 2.24. The molecule has 2 aromatic rings. The third-order valence-corrected chi connectivity index (χ3v) is 4.11. The van der Waals surface area contributed by atoms with Gasteiger partial charge in [0.2, 0.25) is 0 Å². The van der Waals surface area contributed by atoms with Crippen molar-refractivity contribution in [3.63, 3.8) is 0 Å². The number of carbonyl (C=O) groups is 1. The van der Waals surface area contributed by atoms with Crippen molar-refractivity contribution in [3.8, 4) is 11.4 Å². The molecule has 122 valence electrons. The molecule has 7 heteroatoms. The van der Waals surface area contributed by atoms with Crippen molar-refractivity contribution in [2.45, 2.75) is 32.4 Å². The highest BCUT2D eigenvalue weighted by Crippen LogP contribution is 2.16. The maximum Gasteiger partial charge on any atom is 0.317 e. The Kier molecular flexibility index (Phi) is 4.45. The number of ether oxygens (including phenoxy) is 1. The highest BCUT2D eigenvalue weighted by atomic mass is 16.5. The predicted molar refractivity (Wildman–Crippen MR) is 85.5 cm³/mol. The quantitative estimate of drug-likeness (QED) is 0.936. The van der Waals surface area contributed by atoms with Crippen LogP contribution >= 0.6 is 0 Å². The minimum absolute atomic E-state index is 0.0333. The maximum absolute atomic E-state index is 12.1. The Morgan fingerprint density at radius 3 is 2.83 bits per heavy atom. The molecular weight excluding hydrogens is 294 g/mol. The Labute approximate surface area is 135 Å². The molecule has 1 aromatic heterocycles. The van der Waals surface area contributed by atoms with E-state index in [2.05, 4.69) is 22.6 Å². The molecule has 23 heavy (non-hydrogen) atoms. The van der Waals surface area contributed by atoms with Crippen molar-refractivity contribution in [1.82, 2.24) is 25.2 Å². The molecule has 0 spiro atoms. The minimum atomic E-state index is -0.0333. The van der Waals surface area contributed by atoms with E-state index < -0.39 is 0 Å². The SMILES string of the molecule is COc1ccc(-n2cc(CNC(=O)N3CCCC3C)nn2)cc1. The summed E-state index contributed by atoms with van der Waals surface area (Å²) < 4.78 is 6.82. The van der Waals surface area contributed by atoms with E-state index in [1.807, 2.05) is 35.4 Å². The van der Waals surface area contributed by atoms with Crippen LogP contribution in [0.15, 0.2) is 30.5 Å². The molecule has 1 fully saturated rings. The van der Waals surface area contributed by atoms with Gasteiger partial charge in [-0.25, -0.2) is 9.48 Å². The first-order valence-electron chi connectivity index (χ1n) is 7.77. The fourth-order valence-electron chi connectivity index (χ4n) is 2.74. The Morgan fingerprint density at radius 2 is 2.17 bits per heavy atom. The summed E-state index contributed by atoms with van der Waals surface area (Å²) in [6.07, 6.45) is 3.96. The molecular formula is C16H21N5O2. The summed E-state index contributed by atoms with van der Waals surface area (Å²) in [7, 11) is 1.63. The fourth-order valence-corrected chi connectivity index (χ4v) is 2.74. The molecule has 2 heterocycles. The van der Waals surface area contributed by atoms with Crippen LogP contribution in [0.25, 0.3) is 5.69 Å². The number of nitrogens with one attached hydrogen (secondary N) is 1. The lowest BCUT2D eigenvalue weighted by Gasteiger charge is -2.21. The van der Waals surface area contributed by atoms with E-state index >= 15 is 0 Å². The number of nitrogens with zero attached hydrogens (tertiary/aromatic N) is 4. The van der Waals surface area contributed by atoms with Crippen LogP contribution in [-0.4, -0.2) is 45.6 Å². The first kappa shape index (κ1) is 15.3. The summed E-state index contributed by atoms with van der Waals surface area (Å²) in [5.74, 6) is 0.793. The van der Waals surface area contributed by atoms with Crippen molar-refractivity contribution in [2.24, 2.45) is 0 Å². The molecule has 1 atom stereocenters. The Balaban J connectivity index is 1.59. The van der Waals surface area contributed by atoms with Gasteiger partial charge in [-0.2, -0.15) is 0 Å². The number of rotatable bonds is 4. The second kappa shape index (κ2) is 6.68. The van der Waals surface area contributed by atoms with E-state index in [0.29, 0.717) is 12.6 Å². The Bertz CT molecular complexity index is 667. The molecule has 1 N–H and O–H groups in total. The lowest BCUT2D eigenvalue weighted by atomic mass is 10.2. The summed E-state index contributed by atoms with van der Waals surface area (Å²) >= 11 is 0. The van der Waals surface area contributed by atoms with Gasteiger partial charge in [0, 0.05) is 12.6 Å². The third-order valence-electron chi connectivity index (χ3n) is 4.11. The molecule has 0 bridgehead atoms. The van der Waals surface area contributed by atoms with Gasteiger partial charge in [0.15, 0.2) is 0 Å². The average Bonchev–Trinajstić information content (AvgIpc) is 3.22. The standard InChI is InChI=1S/C16H21N5O2/c1-12-4-3-9-20(12)16(22)17-10-13-11-21(19-18-13)14-5-7-15(23-2)8-6-14/h5-8,11-12H,3-4,9-10H2,1-2H3,(H,17,22). The van der Waals surface area contributed by atoms with Gasteiger partial charge in [-0.3, -0.25) is 0 Å². The molecule has 2 amide bonds. The number of carbonyl (C=O) groups excluding carboxylic acids is 1. The molecule has 0 aliphatic carbocycles. The fraction of sp³-hybridized carbons (Fsp3) is 0.438. The molecule has 7 nitrogen and oxygen atoms in total. The molecule has 1 saturated heterocycles. The van der Waals surface area contributed by atoms with Gasteiger partial charge in [-0.15, -0.1) is 5.10 Å². The first-order chi connectivity index (χ1) is 11.2. The van der Waals surface area contributed by atoms with Gasteiger partial charge in [0.25, 0.3) is 0 Å². The smallest absolute Gasteiger partial charge is 0.317 e. The van der Waals surface area contributed by atoms with Crippen LogP contribution < -0.4 is 10.1 Å². The average molecular weight is 315 g/mol. The highest BCUT2D eigenvalue weighted by molar-refractivity contribution is 5.74. The van der Waals surface area contributed by atoms with Crippen LogP contribution in [0.5, 0.6) is 5.75 Å². The number of likely N-dealkylation sites (tertiary alicyclic amines) is 1. The molecule has 1 aromatic carbocycles. The second-order valence-corrected chi connectivity index (χ2v) is 5.70. The number of amides is 2. The zero-order valence-electron chi connectivity index (χ0n) is 13.4. The zero-order chi connectivity index (χ0) is 16.2. The topological polar surface area (TPSA) is 72.3 Å². The van der Waals surface area contributed by atoms with Gasteiger partial charge in [0.1, 0.15) is 11.4 Å². The van der Waals surface area contributed by atoms with Crippen LogP contribution in [0.1, 0.15) is 25.5 Å². The van der Waals surface area contributed by atoms with Crippen LogP contribution in [0.2, 0.25) is 0 Å². The Hall–Kier alpha value is -2.57. The van der Waals surface area contributed by atoms with E-state index in [1.54, 1.807) is 11.8 Å². The van der Waals surface area contributed by atoms with Crippen molar-refractivity contribution in [1.29, 1.82) is 0 Å². The molecule has 1 unspecified atom stereocenters. The van der Waals surface area contributed by atoms with E-state index in [9.17, 15) is 4.79 Å². The van der Waals surface area contributed by atoms with Crippen LogP contribution in [-0.2, 0) is 6.54 Å². The summed E-state index contributed by atoms with van der Waals surface area (Å²) in [5.41, 5.74) is 1.62. The summed E-state index contributed by atoms with van der Waals surface area (Å²) in [5, 5.41) is 11.1. The summed E-state index contributed by atoms with van der Waals surface area (Å²) in [6.45, 7) is 3.27. The van der Waals surface area contributed by atoms with Crippen LogP contribution in [0, 0.1) is 0 Å². The zero-order valence-corrected chi connectivity index (χ0v) is 13.4. The van der Waals surface area contributed by atoms with Gasteiger partial charge in [-0.1, -0.05) is 5.21 Å². The third kappa shape index (κ3) is 3.44. The largest absolute Gasteiger partial charge is 0.497 e. The number of benzene rings is 1. The second-order valence-electron chi connectivity index (χ2n) is 5.70. The van der Waals surface area contributed by atoms with Gasteiger partial charge in [-0.05, 0) is 44.0 Å². The molecule has 1 aliphatic heterocycles. The monoisotopic (exact) mass is 315 g/mol. The molecule has 0 saturated carbocycles. The number of hydrogen-bond donors (Lipinski definition) is 1.